The summed E-state index contributed by atoms with van der Waals surface area (Å²) in [6, 6.07) is 1.54. The van der Waals surface area contributed by atoms with Crippen LogP contribution in [0.15, 0.2) is 0 Å². The minimum Gasteiger partial charge on any atom is -0.314 e. The highest BCUT2D eigenvalue weighted by molar-refractivity contribution is 4.83. The predicted molar refractivity (Wildman–Crippen MR) is 83.5 cm³/mol. The molecule has 1 N–H and O–H groups in total. The van der Waals surface area contributed by atoms with Crippen molar-refractivity contribution in [1.29, 1.82) is 0 Å². The first kappa shape index (κ1) is 15.3. The van der Waals surface area contributed by atoms with E-state index in [0.29, 0.717) is 0 Å². The summed E-state index contributed by atoms with van der Waals surface area (Å²) >= 11 is 0. The molecule has 0 spiro atoms. The second-order valence-electron chi connectivity index (χ2n) is 7.04. The van der Waals surface area contributed by atoms with Crippen molar-refractivity contribution in [2.75, 3.05) is 19.6 Å². The Morgan fingerprint density at radius 3 is 2.58 bits per heavy atom. The van der Waals surface area contributed by atoms with Gasteiger partial charge in [-0.2, -0.15) is 0 Å². The van der Waals surface area contributed by atoms with Gasteiger partial charge >= 0.3 is 0 Å². The number of nitrogens with zero attached hydrogens (tertiary/aromatic N) is 1. The molecule has 1 aliphatic carbocycles. The summed E-state index contributed by atoms with van der Waals surface area (Å²) in [5.41, 5.74) is 0. The van der Waals surface area contributed by atoms with Crippen LogP contribution in [0.4, 0.5) is 0 Å². The maximum absolute atomic E-state index is 3.73. The summed E-state index contributed by atoms with van der Waals surface area (Å²) in [7, 11) is 0. The molecule has 1 saturated carbocycles. The molecule has 2 heteroatoms. The zero-order valence-corrected chi connectivity index (χ0v) is 13.3. The Morgan fingerprint density at radius 2 is 1.89 bits per heavy atom. The lowest BCUT2D eigenvalue weighted by molar-refractivity contribution is 0.0983. The van der Waals surface area contributed by atoms with Crippen LogP contribution >= 0.6 is 0 Å². The number of hydrogen-bond donors (Lipinski definition) is 1. The SMILES string of the molecule is CCC1CCN(C(C)C2CCCCC2)CC(C)CN1. The van der Waals surface area contributed by atoms with Crippen LogP contribution in [0.25, 0.3) is 0 Å². The average Bonchev–Trinajstić information content (AvgIpc) is 2.43. The monoisotopic (exact) mass is 266 g/mol. The lowest BCUT2D eigenvalue weighted by Gasteiger charge is -2.40. The molecule has 19 heavy (non-hydrogen) atoms. The second kappa shape index (κ2) is 7.64. The molecule has 1 heterocycles. The van der Waals surface area contributed by atoms with Gasteiger partial charge in [0.2, 0.25) is 0 Å². The van der Waals surface area contributed by atoms with Crippen molar-refractivity contribution in [3.05, 3.63) is 0 Å². The van der Waals surface area contributed by atoms with Crippen LogP contribution in [-0.2, 0) is 0 Å². The first-order valence-electron chi connectivity index (χ1n) is 8.68. The zero-order valence-electron chi connectivity index (χ0n) is 13.3. The Bertz CT molecular complexity index is 248. The Morgan fingerprint density at radius 1 is 1.16 bits per heavy atom. The minimum atomic E-state index is 0.740. The third-order valence-electron chi connectivity index (χ3n) is 5.47. The summed E-state index contributed by atoms with van der Waals surface area (Å²) in [5, 5.41) is 3.73. The highest BCUT2D eigenvalue weighted by Crippen LogP contribution is 2.29. The third-order valence-corrected chi connectivity index (χ3v) is 5.47. The summed E-state index contributed by atoms with van der Waals surface area (Å²) in [6.07, 6.45) is 9.97. The normalized spacial score (nSPS) is 33.6. The highest BCUT2D eigenvalue weighted by atomic mass is 15.2. The molecule has 1 saturated heterocycles. The smallest absolute Gasteiger partial charge is 0.00953 e. The van der Waals surface area contributed by atoms with Gasteiger partial charge in [-0.1, -0.05) is 33.1 Å². The van der Waals surface area contributed by atoms with E-state index in [9.17, 15) is 0 Å². The van der Waals surface area contributed by atoms with Crippen LogP contribution in [-0.4, -0.2) is 36.6 Å². The van der Waals surface area contributed by atoms with Gasteiger partial charge in [-0.05, 0) is 57.5 Å². The summed E-state index contributed by atoms with van der Waals surface area (Å²) in [4.78, 5) is 2.81. The van der Waals surface area contributed by atoms with E-state index in [-0.39, 0.29) is 0 Å². The van der Waals surface area contributed by atoms with E-state index in [1.807, 2.05) is 0 Å². The highest BCUT2D eigenvalue weighted by Gasteiger charge is 2.27. The fourth-order valence-corrected chi connectivity index (χ4v) is 3.98. The van der Waals surface area contributed by atoms with E-state index < -0.39 is 0 Å². The molecule has 2 nitrogen and oxygen atoms in total. The third kappa shape index (κ3) is 4.46. The molecule has 2 aliphatic rings. The van der Waals surface area contributed by atoms with Crippen molar-refractivity contribution in [3.63, 3.8) is 0 Å². The lowest BCUT2D eigenvalue weighted by atomic mass is 9.83. The Labute approximate surface area is 120 Å². The van der Waals surface area contributed by atoms with Crippen LogP contribution in [0.1, 0.15) is 65.7 Å². The second-order valence-corrected chi connectivity index (χ2v) is 7.04. The molecule has 112 valence electrons. The summed E-state index contributed by atoms with van der Waals surface area (Å²) < 4.78 is 0. The van der Waals surface area contributed by atoms with Crippen molar-refractivity contribution in [2.45, 2.75) is 77.8 Å². The van der Waals surface area contributed by atoms with E-state index in [2.05, 4.69) is 31.0 Å². The van der Waals surface area contributed by atoms with E-state index in [0.717, 1.165) is 23.9 Å². The maximum Gasteiger partial charge on any atom is 0.00953 e. The topological polar surface area (TPSA) is 15.3 Å². The fourth-order valence-electron chi connectivity index (χ4n) is 3.98. The molecule has 1 aliphatic heterocycles. The Balaban J connectivity index is 1.91. The summed E-state index contributed by atoms with van der Waals surface area (Å²) in [6.45, 7) is 11.0. The van der Waals surface area contributed by atoms with Gasteiger partial charge in [-0.15, -0.1) is 0 Å². The Kier molecular flexibility index (Phi) is 6.15. The van der Waals surface area contributed by atoms with Gasteiger partial charge in [-0.3, -0.25) is 0 Å². The quantitative estimate of drug-likeness (QED) is 0.838. The average molecular weight is 266 g/mol. The molecule has 2 fully saturated rings. The minimum absolute atomic E-state index is 0.740. The lowest BCUT2D eigenvalue weighted by Crippen LogP contribution is -2.48. The molecule has 3 unspecified atom stereocenters. The first-order chi connectivity index (χ1) is 9.20. The molecule has 0 radical (unpaired) electrons. The van der Waals surface area contributed by atoms with Crippen molar-refractivity contribution >= 4 is 0 Å². The van der Waals surface area contributed by atoms with Gasteiger partial charge in [0.05, 0.1) is 0 Å². The zero-order chi connectivity index (χ0) is 13.7. The van der Waals surface area contributed by atoms with Crippen molar-refractivity contribution in [3.8, 4) is 0 Å². The van der Waals surface area contributed by atoms with Gasteiger partial charge < -0.3 is 10.2 Å². The number of hydrogen-bond acceptors (Lipinski definition) is 2. The van der Waals surface area contributed by atoms with Gasteiger partial charge in [0.1, 0.15) is 0 Å². The van der Waals surface area contributed by atoms with Crippen molar-refractivity contribution in [2.24, 2.45) is 11.8 Å². The molecule has 2 rings (SSSR count). The van der Waals surface area contributed by atoms with Crippen LogP contribution < -0.4 is 5.32 Å². The first-order valence-corrected chi connectivity index (χ1v) is 8.68. The van der Waals surface area contributed by atoms with E-state index in [4.69, 9.17) is 0 Å². The van der Waals surface area contributed by atoms with Gasteiger partial charge in [0.15, 0.2) is 0 Å². The fraction of sp³-hybridized carbons (Fsp3) is 1.00. The predicted octanol–water partition coefficient (Wildman–Crippen LogP) is 3.67. The number of nitrogens with one attached hydrogen (secondary N) is 1. The molecular formula is C17H34N2. The van der Waals surface area contributed by atoms with Gasteiger partial charge in [0.25, 0.3) is 0 Å². The molecule has 0 aromatic rings. The summed E-state index contributed by atoms with van der Waals surface area (Å²) in [5.74, 6) is 1.76. The molecule has 0 amide bonds. The van der Waals surface area contributed by atoms with Gasteiger partial charge in [-0.25, -0.2) is 0 Å². The standard InChI is InChI=1S/C17H34N2/c1-4-17-10-11-19(13-14(2)12-18-17)15(3)16-8-6-5-7-9-16/h14-18H,4-13H2,1-3H3. The molecule has 3 atom stereocenters. The Hall–Kier alpha value is -0.0800. The molecule has 0 aromatic heterocycles. The van der Waals surface area contributed by atoms with Crippen LogP contribution in [0.5, 0.6) is 0 Å². The van der Waals surface area contributed by atoms with Crippen LogP contribution in [0.2, 0.25) is 0 Å². The van der Waals surface area contributed by atoms with E-state index in [1.165, 1.54) is 64.6 Å². The van der Waals surface area contributed by atoms with Gasteiger partial charge in [0, 0.05) is 18.6 Å². The van der Waals surface area contributed by atoms with Crippen LogP contribution in [0, 0.1) is 11.8 Å². The van der Waals surface area contributed by atoms with Crippen LogP contribution in [0.3, 0.4) is 0 Å². The molecule has 0 aromatic carbocycles. The number of rotatable bonds is 3. The van der Waals surface area contributed by atoms with E-state index >= 15 is 0 Å². The maximum atomic E-state index is 3.73. The van der Waals surface area contributed by atoms with Crippen molar-refractivity contribution < 1.29 is 0 Å². The molecular weight excluding hydrogens is 232 g/mol. The largest absolute Gasteiger partial charge is 0.314 e. The molecule has 0 bridgehead atoms. The van der Waals surface area contributed by atoms with E-state index in [1.54, 1.807) is 0 Å². The van der Waals surface area contributed by atoms with Crippen molar-refractivity contribution in [1.82, 2.24) is 10.2 Å².